The van der Waals surface area contributed by atoms with Crippen LogP contribution in [-0.4, -0.2) is 60.2 Å². The van der Waals surface area contributed by atoms with Crippen LogP contribution < -0.4 is 0 Å². The normalized spacial score (nSPS) is 27.7. The first-order valence-electron chi connectivity index (χ1n) is 8.30. The molecule has 0 aromatic heterocycles. The molecule has 1 saturated heterocycles. The van der Waals surface area contributed by atoms with Crippen LogP contribution in [0.15, 0.2) is 0 Å². The zero-order valence-electron chi connectivity index (χ0n) is 15.0. The molecule has 1 heterocycles. The Balaban J connectivity index is 2.86. The highest BCUT2D eigenvalue weighted by molar-refractivity contribution is 5.02. The summed E-state index contributed by atoms with van der Waals surface area (Å²) in [6.45, 7) is 15.1. The Labute approximate surface area is 130 Å². The maximum atomic E-state index is 10.7. The minimum Gasteiger partial charge on any atom is -0.390 e. The summed E-state index contributed by atoms with van der Waals surface area (Å²) in [5.41, 5.74) is -0.782. The number of nitrogens with zero attached hydrogens (tertiary/aromatic N) is 1. The quantitative estimate of drug-likeness (QED) is 0.748. The number of ether oxygens (including phenoxy) is 2. The molecule has 1 N–H and O–H groups in total. The van der Waals surface area contributed by atoms with E-state index < -0.39 is 11.7 Å². The molecule has 1 aliphatic rings. The van der Waals surface area contributed by atoms with Crippen molar-refractivity contribution in [3.8, 4) is 0 Å². The summed E-state index contributed by atoms with van der Waals surface area (Å²) in [7, 11) is 1.74. The van der Waals surface area contributed by atoms with Crippen molar-refractivity contribution in [2.24, 2.45) is 5.92 Å². The van der Waals surface area contributed by atoms with Crippen molar-refractivity contribution < 1.29 is 14.6 Å². The molecule has 1 fully saturated rings. The van der Waals surface area contributed by atoms with Crippen LogP contribution in [0.1, 0.15) is 54.4 Å². The molecule has 2 unspecified atom stereocenters. The topological polar surface area (TPSA) is 41.9 Å². The first-order valence-corrected chi connectivity index (χ1v) is 8.30. The minimum atomic E-state index is -0.477. The van der Waals surface area contributed by atoms with E-state index in [0.29, 0.717) is 6.04 Å². The first-order chi connectivity index (χ1) is 9.69. The molecular formula is C17H35NO3. The molecule has 1 aliphatic heterocycles. The van der Waals surface area contributed by atoms with Crippen molar-refractivity contribution in [3.05, 3.63) is 0 Å². The molecule has 0 aromatic rings. The van der Waals surface area contributed by atoms with Gasteiger partial charge in [0.2, 0.25) is 0 Å². The van der Waals surface area contributed by atoms with Gasteiger partial charge in [0.1, 0.15) is 0 Å². The van der Waals surface area contributed by atoms with Crippen molar-refractivity contribution >= 4 is 0 Å². The van der Waals surface area contributed by atoms with E-state index in [1.165, 1.54) is 0 Å². The van der Waals surface area contributed by atoms with Gasteiger partial charge < -0.3 is 14.6 Å². The largest absolute Gasteiger partial charge is 0.390 e. The maximum absolute atomic E-state index is 10.7. The lowest BCUT2D eigenvalue weighted by Crippen LogP contribution is -2.47. The molecule has 0 spiro atoms. The van der Waals surface area contributed by atoms with Crippen LogP contribution in [0.5, 0.6) is 0 Å². The molecule has 21 heavy (non-hydrogen) atoms. The lowest BCUT2D eigenvalue weighted by atomic mass is 9.84. The number of aliphatic hydroxyl groups is 1. The van der Waals surface area contributed by atoms with E-state index in [4.69, 9.17) is 9.47 Å². The van der Waals surface area contributed by atoms with Crippen LogP contribution in [0.2, 0.25) is 0 Å². The second-order valence-corrected chi connectivity index (χ2v) is 7.32. The molecule has 0 saturated carbocycles. The van der Waals surface area contributed by atoms with Gasteiger partial charge in [0.05, 0.1) is 23.9 Å². The highest BCUT2D eigenvalue weighted by atomic mass is 16.5. The van der Waals surface area contributed by atoms with Gasteiger partial charge in [0.15, 0.2) is 0 Å². The summed E-state index contributed by atoms with van der Waals surface area (Å²) >= 11 is 0. The van der Waals surface area contributed by atoms with E-state index in [0.717, 1.165) is 32.5 Å². The van der Waals surface area contributed by atoms with Crippen molar-refractivity contribution in [3.63, 3.8) is 0 Å². The summed E-state index contributed by atoms with van der Waals surface area (Å²) in [5, 5.41) is 10.7. The summed E-state index contributed by atoms with van der Waals surface area (Å²) < 4.78 is 11.4. The smallest absolute Gasteiger partial charge is 0.0896 e. The van der Waals surface area contributed by atoms with E-state index in [2.05, 4.69) is 32.6 Å². The van der Waals surface area contributed by atoms with Crippen LogP contribution in [0.3, 0.4) is 0 Å². The number of hydrogen-bond acceptors (Lipinski definition) is 4. The molecule has 0 bridgehead atoms. The van der Waals surface area contributed by atoms with E-state index in [-0.39, 0.29) is 11.5 Å². The third-order valence-corrected chi connectivity index (χ3v) is 4.99. The van der Waals surface area contributed by atoms with Gasteiger partial charge in [-0.15, -0.1) is 0 Å². The fraction of sp³-hybridized carbons (Fsp3) is 1.00. The molecule has 4 nitrogen and oxygen atoms in total. The van der Waals surface area contributed by atoms with Crippen molar-refractivity contribution in [1.82, 2.24) is 4.90 Å². The average molecular weight is 301 g/mol. The van der Waals surface area contributed by atoms with Crippen molar-refractivity contribution in [2.45, 2.75) is 77.7 Å². The molecule has 0 aliphatic carbocycles. The Bertz CT molecular complexity index is 313. The van der Waals surface area contributed by atoms with Gasteiger partial charge in [-0.2, -0.15) is 0 Å². The van der Waals surface area contributed by atoms with Crippen LogP contribution in [-0.2, 0) is 9.47 Å². The molecule has 0 radical (unpaired) electrons. The van der Waals surface area contributed by atoms with Crippen LogP contribution in [0.4, 0.5) is 0 Å². The lowest BCUT2D eigenvalue weighted by Gasteiger charge is -2.36. The molecule has 126 valence electrons. The van der Waals surface area contributed by atoms with Crippen molar-refractivity contribution in [2.75, 3.05) is 26.8 Å². The molecule has 0 aromatic carbocycles. The van der Waals surface area contributed by atoms with Crippen LogP contribution in [0.25, 0.3) is 0 Å². The highest BCUT2D eigenvalue weighted by Gasteiger charge is 2.53. The van der Waals surface area contributed by atoms with Crippen molar-refractivity contribution in [1.29, 1.82) is 0 Å². The summed E-state index contributed by atoms with van der Waals surface area (Å²) in [5.74, 6) is 0.116. The van der Waals surface area contributed by atoms with Crippen LogP contribution in [0, 0.1) is 5.92 Å². The molecular weight excluding hydrogens is 266 g/mol. The summed E-state index contributed by atoms with van der Waals surface area (Å²) in [4.78, 5) is 2.46. The third-order valence-electron chi connectivity index (χ3n) is 4.99. The molecule has 1 rings (SSSR count). The van der Waals surface area contributed by atoms with Gasteiger partial charge in [0, 0.05) is 32.2 Å². The Morgan fingerprint density at radius 3 is 2.10 bits per heavy atom. The predicted molar refractivity (Wildman–Crippen MR) is 86.6 cm³/mol. The molecule has 2 atom stereocenters. The Hall–Kier alpha value is -0.160. The summed E-state index contributed by atoms with van der Waals surface area (Å²) in [6.07, 6.45) is 1.80. The van der Waals surface area contributed by atoms with Gasteiger partial charge in [-0.25, -0.2) is 0 Å². The predicted octanol–water partition coefficient (Wildman–Crippen LogP) is 2.69. The maximum Gasteiger partial charge on any atom is 0.0896 e. The van der Waals surface area contributed by atoms with E-state index in [1.54, 1.807) is 7.11 Å². The molecule has 4 heteroatoms. The first kappa shape index (κ1) is 18.9. The Kier molecular flexibility index (Phi) is 6.66. The fourth-order valence-electron chi connectivity index (χ4n) is 3.69. The number of hydrogen-bond donors (Lipinski definition) is 1. The monoisotopic (exact) mass is 301 g/mol. The number of methoxy groups -OCH3 is 1. The Morgan fingerprint density at radius 2 is 1.71 bits per heavy atom. The zero-order chi connectivity index (χ0) is 16.3. The molecule has 0 amide bonds. The van der Waals surface area contributed by atoms with Gasteiger partial charge in [0.25, 0.3) is 0 Å². The lowest BCUT2D eigenvalue weighted by molar-refractivity contribution is -0.0916. The number of rotatable bonds is 8. The van der Waals surface area contributed by atoms with Crippen LogP contribution >= 0.6 is 0 Å². The second kappa shape index (κ2) is 7.40. The van der Waals surface area contributed by atoms with E-state index >= 15 is 0 Å². The SMILES string of the molecule is CCC(CC)N(CCOC)CC1C(O)C(C)(C)OC1(C)C. The third kappa shape index (κ3) is 4.41. The fourth-order valence-corrected chi connectivity index (χ4v) is 3.69. The summed E-state index contributed by atoms with van der Waals surface area (Å²) in [6, 6.07) is 0.534. The van der Waals surface area contributed by atoms with Gasteiger partial charge in [-0.05, 0) is 40.5 Å². The van der Waals surface area contributed by atoms with E-state index in [9.17, 15) is 5.11 Å². The zero-order valence-corrected chi connectivity index (χ0v) is 15.0. The van der Waals surface area contributed by atoms with E-state index in [1.807, 2.05) is 13.8 Å². The minimum absolute atomic E-state index is 0.116. The standard InChI is InChI=1S/C17H35NO3/c1-8-13(9-2)18(10-11-20-7)12-14-15(19)17(5,6)21-16(14,3)4/h13-15,19H,8-12H2,1-7H3. The van der Waals surface area contributed by atoms with Gasteiger partial charge >= 0.3 is 0 Å². The van der Waals surface area contributed by atoms with Gasteiger partial charge in [-0.3, -0.25) is 4.90 Å². The highest BCUT2D eigenvalue weighted by Crippen LogP contribution is 2.42. The average Bonchev–Trinajstić information content (AvgIpc) is 2.54. The number of aliphatic hydroxyl groups excluding tert-OH is 1. The van der Waals surface area contributed by atoms with Gasteiger partial charge in [-0.1, -0.05) is 13.8 Å². The Morgan fingerprint density at radius 1 is 1.14 bits per heavy atom. The second-order valence-electron chi connectivity index (χ2n) is 7.32.